The normalized spacial score (nSPS) is 13.4. The van der Waals surface area contributed by atoms with Gasteiger partial charge in [0.25, 0.3) is 0 Å². The molecule has 0 aliphatic rings. The Morgan fingerprint density at radius 2 is 1.21 bits per heavy atom. The number of hydrogen-bond donors (Lipinski definition) is 1. The summed E-state index contributed by atoms with van der Waals surface area (Å²) in [6.07, 6.45) is 0. The van der Waals surface area contributed by atoms with E-state index in [0.717, 1.165) is 0 Å². The average molecular weight is 273 g/mol. The van der Waals surface area contributed by atoms with E-state index >= 15 is 0 Å². The maximum Gasteiger partial charge on any atom is 0.0297 e. The third kappa shape index (κ3) is 4.41. The molecular formula is C17H23NS. The van der Waals surface area contributed by atoms with Crippen molar-refractivity contribution in [3.63, 3.8) is 0 Å². The summed E-state index contributed by atoms with van der Waals surface area (Å²) in [6.45, 7) is 6.54. The fourth-order valence-corrected chi connectivity index (χ4v) is 2.16. The Balaban J connectivity index is 0.00000180. The highest BCUT2D eigenvalue weighted by Gasteiger charge is 2.10. The third-order valence-electron chi connectivity index (χ3n) is 3.38. The minimum atomic E-state index is 0. The van der Waals surface area contributed by atoms with Crippen molar-refractivity contribution < 1.29 is 0 Å². The van der Waals surface area contributed by atoms with Crippen LogP contribution in [0, 0.1) is 6.92 Å². The highest BCUT2D eigenvalue weighted by Crippen LogP contribution is 2.19. The van der Waals surface area contributed by atoms with Crippen molar-refractivity contribution in [1.82, 2.24) is 5.32 Å². The second kappa shape index (κ2) is 7.37. The molecule has 0 fully saturated rings. The minimum absolute atomic E-state index is 0. The fourth-order valence-electron chi connectivity index (χ4n) is 2.16. The van der Waals surface area contributed by atoms with E-state index in [-0.39, 0.29) is 13.5 Å². The van der Waals surface area contributed by atoms with Crippen molar-refractivity contribution in [2.45, 2.75) is 32.9 Å². The van der Waals surface area contributed by atoms with Crippen LogP contribution in [-0.4, -0.2) is 0 Å². The van der Waals surface area contributed by atoms with Gasteiger partial charge in [0.05, 0.1) is 0 Å². The zero-order valence-electron chi connectivity index (χ0n) is 11.9. The molecule has 0 spiro atoms. The van der Waals surface area contributed by atoms with E-state index in [0.29, 0.717) is 12.1 Å². The molecule has 0 aromatic heterocycles. The van der Waals surface area contributed by atoms with Crippen LogP contribution in [0.25, 0.3) is 0 Å². The van der Waals surface area contributed by atoms with E-state index < -0.39 is 0 Å². The Hall–Kier alpha value is -1.25. The standard InChI is InChI=1S/C17H21N.H2S/c1-13-9-11-17(12-10-13)15(3)18-14(2)16-7-5-4-6-8-16;/h4-12,14-15,18H,1-3H3;1H2. The molecule has 2 aromatic rings. The van der Waals surface area contributed by atoms with Gasteiger partial charge in [-0.05, 0) is 31.9 Å². The summed E-state index contributed by atoms with van der Waals surface area (Å²) in [5.74, 6) is 0. The second-order valence-corrected chi connectivity index (χ2v) is 4.93. The minimum Gasteiger partial charge on any atom is -0.304 e. The van der Waals surface area contributed by atoms with E-state index in [1.54, 1.807) is 0 Å². The van der Waals surface area contributed by atoms with Gasteiger partial charge in [-0.1, -0.05) is 60.2 Å². The molecular weight excluding hydrogens is 250 g/mol. The maximum absolute atomic E-state index is 3.63. The summed E-state index contributed by atoms with van der Waals surface area (Å²) in [7, 11) is 0. The molecule has 2 atom stereocenters. The summed E-state index contributed by atoms with van der Waals surface area (Å²) in [5.41, 5.74) is 3.97. The van der Waals surface area contributed by atoms with Crippen LogP contribution in [-0.2, 0) is 0 Å². The zero-order valence-corrected chi connectivity index (χ0v) is 12.9. The molecule has 2 unspecified atom stereocenters. The van der Waals surface area contributed by atoms with Gasteiger partial charge in [-0.15, -0.1) is 0 Å². The lowest BCUT2D eigenvalue weighted by Gasteiger charge is -2.21. The monoisotopic (exact) mass is 273 g/mol. The predicted octanol–water partition coefficient (Wildman–Crippen LogP) is 4.52. The molecule has 2 aromatic carbocycles. The summed E-state index contributed by atoms with van der Waals surface area (Å²) < 4.78 is 0. The summed E-state index contributed by atoms with van der Waals surface area (Å²) in [4.78, 5) is 0. The van der Waals surface area contributed by atoms with Crippen molar-refractivity contribution >= 4 is 13.5 Å². The first-order chi connectivity index (χ1) is 8.66. The Morgan fingerprint density at radius 3 is 1.74 bits per heavy atom. The van der Waals surface area contributed by atoms with Crippen molar-refractivity contribution in [2.75, 3.05) is 0 Å². The lowest BCUT2D eigenvalue weighted by molar-refractivity contribution is 0.494. The number of aryl methyl sites for hydroxylation is 1. The van der Waals surface area contributed by atoms with Gasteiger partial charge in [0, 0.05) is 12.1 Å². The molecule has 0 radical (unpaired) electrons. The first kappa shape index (κ1) is 15.8. The van der Waals surface area contributed by atoms with Gasteiger partial charge in [0.15, 0.2) is 0 Å². The van der Waals surface area contributed by atoms with Crippen LogP contribution in [0.4, 0.5) is 0 Å². The molecule has 2 heteroatoms. The van der Waals surface area contributed by atoms with Crippen molar-refractivity contribution in [1.29, 1.82) is 0 Å². The first-order valence-electron chi connectivity index (χ1n) is 6.54. The quantitative estimate of drug-likeness (QED) is 0.863. The molecule has 0 amide bonds. The van der Waals surface area contributed by atoms with Crippen LogP contribution in [0.1, 0.15) is 42.6 Å². The smallest absolute Gasteiger partial charge is 0.0297 e. The van der Waals surface area contributed by atoms with Crippen LogP contribution < -0.4 is 5.32 Å². The Labute approximate surface area is 123 Å². The van der Waals surface area contributed by atoms with Crippen molar-refractivity contribution in [3.05, 3.63) is 71.3 Å². The maximum atomic E-state index is 3.63. The van der Waals surface area contributed by atoms with E-state index in [9.17, 15) is 0 Å². The van der Waals surface area contributed by atoms with Crippen LogP contribution >= 0.6 is 13.5 Å². The van der Waals surface area contributed by atoms with E-state index in [1.807, 2.05) is 0 Å². The van der Waals surface area contributed by atoms with Gasteiger partial charge in [-0.25, -0.2) is 0 Å². The van der Waals surface area contributed by atoms with Crippen LogP contribution in [0.5, 0.6) is 0 Å². The fraction of sp³-hybridized carbons (Fsp3) is 0.294. The molecule has 0 saturated carbocycles. The molecule has 102 valence electrons. The van der Waals surface area contributed by atoms with Gasteiger partial charge >= 0.3 is 0 Å². The molecule has 0 saturated heterocycles. The van der Waals surface area contributed by atoms with Gasteiger partial charge < -0.3 is 5.32 Å². The van der Waals surface area contributed by atoms with Gasteiger partial charge in [0.2, 0.25) is 0 Å². The lowest BCUT2D eigenvalue weighted by atomic mass is 10.0. The van der Waals surface area contributed by atoms with Crippen molar-refractivity contribution in [3.8, 4) is 0 Å². The number of nitrogens with one attached hydrogen (secondary N) is 1. The molecule has 0 heterocycles. The molecule has 19 heavy (non-hydrogen) atoms. The summed E-state index contributed by atoms with van der Waals surface area (Å²) in [6, 6.07) is 20.0. The summed E-state index contributed by atoms with van der Waals surface area (Å²) >= 11 is 0. The van der Waals surface area contributed by atoms with Gasteiger partial charge in [-0.3, -0.25) is 0 Å². The van der Waals surface area contributed by atoms with Crippen LogP contribution in [0.2, 0.25) is 0 Å². The molecule has 0 bridgehead atoms. The first-order valence-corrected chi connectivity index (χ1v) is 6.54. The molecule has 0 aliphatic heterocycles. The number of benzene rings is 2. The molecule has 2 rings (SSSR count). The average Bonchev–Trinajstić information content (AvgIpc) is 2.40. The van der Waals surface area contributed by atoms with Crippen LogP contribution in [0.15, 0.2) is 54.6 Å². The largest absolute Gasteiger partial charge is 0.304 e. The topological polar surface area (TPSA) is 12.0 Å². The Morgan fingerprint density at radius 1 is 0.737 bits per heavy atom. The lowest BCUT2D eigenvalue weighted by Crippen LogP contribution is -2.22. The van der Waals surface area contributed by atoms with E-state index in [4.69, 9.17) is 0 Å². The number of rotatable bonds is 4. The van der Waals surface area contributed by atoms with E-state index in [1.165, 1.54) is 16.7 Å². The Kier molecular flexibility index (Phi) is 6.13. The second-order valence-electron chi connectivity index (χ2n) is 4.93. The summed E-state index contributed by atoms with van der Waals surface area (Å²) in [5, 5.41) is 3.63. The molecule has 1 nitrogen and oxygen atoms in total. The van der Waals surface area contributed by atoms with Crippen molar-refractivity contribution in [2.24, 2.45) is 0 Å². The highest BCUT2D eigenvalue weighted by molar-refractivity contribution is 7.59. The number of hydrogen-bond acceptors (Lipinski definition) is 1. The van der Waals surface area contributed by atoms with E-state index in [2.05, 4.69) is 80.7 Å². The van der Waals surface area contributed by atoms with Crippen LogP contribution in [0.3, 0.4) is 0 Å². The molecule has 1 N–H and O–H groups in total. The highest BCUT2D eigenvalue weighted by atomic mass is 32.1. The molecule has 0 aliphatic carbocycles. The Bertz CT molecular complexity index is 478. The predicted molar refractivity (Wildman–Crippen MR) is 88.0 cm³/mol. The SMILES string of the molecule is Cc1ccc(C(C)NC(C)c2ccccc2)cc1.S. The van der Waals surface area contributed by atoms with Gasteiger partial charge in [0.1, 0.15) is 0 Å². The third-order valence-corrected chi connectivity index (χ3v) is 3.38. The van der Waals surface area contributed by atoms with Gasteiger partial charge in [-0.2, -0.15) is 13.5 Å². The zero-order chi connectivity index (χ0) is 13.0.